The van der Waals surface area contributed by atoms with Gasteiger partial charge in [0.1, 0.15) is 0 Å². The van der Waals surface area contributed by atoms with E-state index in [1.165, 1.54) is 0 Å². The van der Waals surface area contributed by atoms with Crippen LogP contribution in [0.5, 0.6) is 0 Å². The molecule has 0 unspecified atom stereocenters. The Bertz CT molecular complexity index is 936. The maximum absolute atomic E-state index is 12.3. The first-order valence-electron chi connectivity index (χ1n) is 9.48. The number of para-hydroxylation sites is 2. The van der Waals surface area contributed by atoms with Gasteiger partial charge in [-0.15, -0.1) is 0 Å². The molecule has 0 atom stereocenters. The number of carbonyl (C=O) groups excluding carboxylic acids is 2. The van der Waals surface area contributed by atoms with E-state index in [0.29, 0.717) is 12.5 Å². The van der Waals surface area contributed by atoms with Gasteiger partial charge in [0, 0.05) is 26.1 Å². The number of nitrogens with zero attached hydrogens (tertiary/aromatic N) is 2. The highest BCUT2D eigenvalue weighted by Crippen LogP contribution is 2.20. The maximum atomic E-state index is 12.3. The van der Waals surface area contributed by atoms with Crippen molar-refractivity contribution >= 4 is 28.9 Å². The fourth-order valence-corrected chi connectivity index (χ4v) is 2.94. The molecule has 146 valence electrons. The molecular weight excluding hydrogens is 354 g/mol. The molecule has 3 aromatic rings. The number of benzene rings is 2. The maximum Gasteiger partial charge on any atom is 0.315 e. The number of nitrogens with one attached hydrogen (secondary N) is 3. The number of carbonyl (C=O) groups is 2. The van der Waals surface area contributed by atoms with E-state index in [4.69, 9.17) is 0 Å². The summed E-state index contributed by atoms with van der Waals surface area (Å²) < 4.78 is 2.01. The molecule has 3 N–H and O–H groups in total. The lowest BCUT2D eigenvalue weighted by atomic mass is 10.2. The molecule has 28 heavy (non-hydrogen) atoms. The first-order valence-corrected chi connectivity index (χ1v) is 9.48. The molecule has 0 saturated heterocycles. The number of anilines is 1. The van der Waals surface area contributed by atoms with Crippen molar-refractivity contribution in [2.45, 2.75) is 32.9 Å². The van der Waals surface area contributed by atoms with Gasteiger partial charge in [0.05, 0.1) is 11.0 Å². The topological polar surface area (TPSA) is 88.0 Å². The average molecular weight is 379 g/mol. The van der Waals surface area contributed by atoms with Gasteiger partial charge >= 0.3 is 6.03 Å². The second kappa shape index (κ2) is 9.55. The molecule has 7 nitrogen and oxygen atoms in total. The zero-order valence-electron chi connectivity index (χ0n) is 15.9. The van der Waals surface area contributed by atoms with Crippen molar-refractivity contribution < 1.29 is 9.59 Å². The van der Waals surface area contributed by atoms with E-state index >= 15 is 0 Å². The van der Waals surface area contributed by atoms with Gasteiger partial charge in [0.25, 0.3) is 0 Å². The van der Waals surface area contributed by atoms with Crippen molar-refractivity contribution in [1.82, 2.24) is 20.2 Å². The molecule has 2 aromatic carbocycles. The van der Waals surface area contributed by atoms with E-state index in [1.54, 1.807) is 0 Å². The van der Waals surface area contributed by atoms with E-state index in [0.717, 1.165) is 29.6 Å². The van der Waals surface area contributed by atoms with Crippen molar-refractivity contribution in [3.63, 3.8) is 0 Å². The molecule has 3 rings (SSSR count). The van der Waals surface area contributed by atoms with E-state index in [1.807, 2.05) is 59.2 Å². The van der Waals surface area contributed by atoms with Crippen LogP contribution in [0.15, 0.2) is 54.6 Å². The summed E-state index contributed by atoms with van der Waals surface area (Å²) in [5.74, 6) is 0.359. The lowest BCUT2D eigenvalue weighted by Gasteiger charge is -2.10. The summed E-state index contributed by atoms with van der Waals surface area (Å²) >= 11 is 0. The smallest absolute Gasteiger partial charge is 0.315 e. The second-order valence-corrected chi connectivity index (χ2v) is 6.47. The Morgan fingerprint density at radius 1 is 1.00 bits per heavy atom. The van der Waals surface area contributed by atoms with Crippen LogP contribution in [0.1, 0.15) is 25.3 Å². The molecule has 1 heterocycles. The van der Waals surface area contributed by atoms with Crippen LogP contribution in [0, 0.1) is 0 Å². The van der Waals surface area contributed by atoms with Crippen molar-refractivity contribution in [3.8, 4) is 0 Å². The van der Waals surface area contributed by atoms with Gasteiger partial charge in [-0.1, -0.05) is 49.4 Å². The van der Waals surface area contributed by atoms with Crippen molar-refractivity contribution in [1.29, 1.82) is 0 Å². The van der Waals surface area contributed by atoms with Crippen molar-refractivity contribution in [2.75, 3.05) is 11.9 Å². The van der Waals surface area contributed by atoms with Crippen LogP contribution < -0.4 is 16.0 Å². The number of aromatic nitrogens is 2. The van der Waals surface area contributed by atoms with Crippen LogP contribution in [-0.2, 0) is 17.9 Å². The van der Waals surface area contributed by atoms with Crippen molar-refractivity contribution in [2.24, 2.45) is 0 Å². The Labute approximate surface area is 164 Å². The van der Waals surface area contributed by atoms with Crippen LogP contribution in [0.25, 0.3) is 11.0 Å². The first-order chi connectivity index (χ1) is 13.7. The average Bonchev–Trinajstić information content (AvgIpc) is 3.04. The number of imidazole rings is 1. The Kier molecular flexibility index (Phi) is 6.62. The lowest BCUT2D eigenvalue weighted by Crippen LogP contribution is -2.36. The Balaban J connectivity index is 1.47. The minimum Gasteiger partial charge on any atom is -0.338 e. The van der Waals surface area contributed by atoms with E-state index in [2.05, 4.69) is 27.9 Å². The number of urea groups is 1. The molecule has 0 aliphatic carbocycles. The van der Waals surface area contributed by atoms with E-state index in [-0.39, 0.29) is 24.9 Å². The largest absolute Gasteiger partial charge is 0.338 e. The minimum atomic E-state index is -0.296. The molecule has 0 spiro atoms. The van der Waals surface area contributed by atoms with Crippen LogP contribution in [-0.4, -0.2) is 28.0 Å². The molecule has 1 aromatic heterocycles. The van der Waals surface area contributed by atoms with Gasteiger partial charge in [-0.05, 0) is 24.1 Å². The summed E-state index contributed by atoms with van der Waals surface area (Å²) in [6.45, 7) is 3.55. The predicted octanol–water partition coefficient (Wildman–Crippen LogP) is 3.27. The highest BCUT2D eigenvalue weighted by Gasteiger charge is 2.12. The molecule has 0 radical (unpaired) electrons. The molecule has 0 bridgehead atoms. The van der Waals surface area contributed by atoms with Gasteiger partial charge in [-0.2, -0.15) is 0 Å². The third-order valence-electron chi connectivity index (χ3n) is 4.29. The number of hydrogen-bond donors (Lipinski definition) is 3. The number of amides is 3. The van der Waals surface area contributed by atoms with Crippen LogP contribution >= 0.6 is 0 Å². The summed E-state index contributed by atoms with van der Waals surface area (Å²) in [4.78, 5) is 28.6. The zero-order valence-corrected chi connectivity index (χ0v) is 15.9. The Morgan fingerprint density at radius 2 is 1.75 bits per heavy atom. The standard InChI is InChI=1S/C21H25N5O2/c1-2-14-26-18-11-7-6-10-17(18)24-20(26)25-19(27)12-13-22-21(28)23-15-16-8-4-3-5-9-16/h3-11H,2,12-15H2,1H3,(H2,22,23,28)(H,24,25,27). The van der Waals surface area contributed by atoms with Crippen LogP contribution in [0.2, 0.25) is 0 Å². The molecule has 0 aliphatic rings. The summed E-state index contributed by atoms with van der Waals surface area (Å²) in [5, 5.41) is 8.32. The van der Waals surface area contributed by atoms with Crippen LogP contribution in [0.4, 0.5) is 10.7 Å². The monoisotopic (exact) mass is 379 g/mol. The zero-order chi connectivity index (χ0) is 19.8. The normalized spacial score (nSPS) is 10.6. The number of rotatable bonds is 8. The SMILES string of the molecule is CCCn1c(NC(=O)CCNC(=O)NCc2ccccc2)nc2ccccc21. The van der Waals surface area contributed by atoms with Gasteiger partial charge in [-0.25, -0.2) is 9.78 Å². The quantitative estimate of drug-likeness (QED) is 0.561. The summed E-state index contributed by atoms with van der Waals surface area (Å²) in [6.07, 6.45) is 1.11. The van der Waals surface area contributed by atoms with E-state index < -0.39 is 0 Å². The van der Waals surface area contributed by atoms with Crippen molar-refractivity contribution in [3.05, 3.63) is 60.2 Å². The molecule has 3 amide bonds. The highest BCUT2D eigenvalue weighted by atomic mass is 16.2. The molecule has 0 saturated carbocycles. The number of fused-ring (bicyclic) bond motifs is 1. The third-order valence-corrected chi connectivity index (χ3v) is 4.29. The fraction of sp³-hybridized carbons (Fsp3) is 0.286. The van der Waals surface area contributed by atoms with Gasteiger partial charge in [0.2, 0.25) is 11.9 Å². The lowest BCUT2D eigenvalue weighted by molar-refractivity contribution is -0.116. The van der Waals surface area contributed by atoms with E-state index in [9.17, 15) is 9.59 Å². The summed E-state index contributed by atoms with van der Waals surface area (Å²) in [7, 11) is 0. The minimum absolute atomic E-state index is 0.175. The van der Waals surface area contributed by atoms with Gasteiger partial charge in [0.15, 0.2) is 0 Å². The predicted molar refractivity (Wildman–Crippen MR) is 110 cm³/mol. The molecule has 0 aliphatic heterocycles. The number of hydrogen-bond acceptors (Lipinski definition) is 3. The molecular formula is C21H25N5O2. The molecule has 7 heteroatoms. The fourth-order valence-electron chi connectivity index (χ4n) is 2.94. The summed E-state index contributed by atoms with van der Waals surface area (Å²) in [6, 6.07) is 17.2. The summed E-state index contributed by atoms with van der Waals surface area (Å²) in [5.41, 5.74) is 2.87. The van der Waals surface area contributed by atoms with Crippen LogP contribution in [0.3, 0.4) is 0 Å². The number of aryl methyl sites for hydroxylation is 1. The van der Waals surface area contributed by atoms with Gasteiger partial charge < -0.3 is 15.2 Å². The highest BCUT2D eigenvalue weighted by molar-refractivity contribution is 5.91. The Hall–Kier alpha value is -3.35. The van der Waals surface area contributed by atoms with Gasteiger partial charge in [-0.3, -0.25) is 10.1 Å². The third kappa shape index (κ3) is 5.09. The second-order valence-electron chi connectivity index (χ2n) is 6.47. The first kappa shape index (κ1) is 19.4. The molecule has 0 fully saturated rings. The Morgan fingerprint density at radius 3 is 2.54 bits per heavy atom.